The lowest BCUT2D eigenvalue weighted by atomic mass is 10.0. The third kappa shape index (κ3) is 4.87. The molecule has 0 spiro atoms. The number of aromatic nitrogens is 5. The molecule has 12 aromatic rings. The molecule has 0 bridgehead atoms. The Morgan fingerprint density at radius 1 is 0.333 bits per heavy atom. The fourth-order valence-electron chi connectivity index (χ4n) is 8.59. The Hall–Kier alpha value is -7.83. The molecule has 8 aromatic carbocycles. The zero-order chi connectivity index (χ0) is 37.5. The van der Waals surface area contributed by atoms with Crippen LogP contribution in [0.1, 0.15) is 0 Å². The normalized spacial score (nSPS) is 11.9. The maximum Gasteiger partial charge on any atom is 0.238 e. The summed E-state index contributed by atoms with van der Waals surface area (Å²) in [6.45, 7) is 0. The molecule has 6 heteroatoms. The van der Waals surface area contributed by atoms with Gasteiger partial charge in [-0.3, -0.25) is 4.57 Å². The summed E-state index contributed by atoms with van der Waals surface area (Å²) in [5, 5.41) is 6.77. The molecule has 0 atom stereocenters. The highest BCUT2D eigenvalue weighted by atomic mass is 16.3. The van der Waals surface area contributed by atoms with Crippen LogP contribution in [0.5, 0.6) is 0 Å². The lowest BCUT2D eigenvalue weighted by Crippen LogP contribution is -2.06. The van der Waals surface area contributed by atoms with Gasteiger partial charge in [-0.15, -0.1) is 0 Å². The summed E-state index contributed by atoms with van der Waals surface area (Å²) in [5.74, 6) is 1.77. The van der Waals surface area contributed by atoms with E-state index < -0.39 is 0 Å². The van der Waals surface area contributed by atoms with E-state index in [0.717, 1.165) is 88.1 Å². The van der Waals surface area contributed by atoms with Crippen LogP contribution in [0.3, 0.4) is 0 Å². The molecule has 0 unspecified atom stereocenters. The molecule has 0 aliphatic carbocycles. The van der Waals surface area contributed by atoms with Crippen molar-refractivity contribution < 1.29 is 4.42 Å². The van der Waals surface area contributed by atoms with Crippen LogP contribution in [0.2, 0.25) is 0 Å². The highest BCUT2D eigenvalue weighted by Gasteiger charge is 2.22. The number of para-hydroxylation sites is 4. The summed E-state index contributed by atoms with van der Waals surface area (Å²) >= 11 is 0. The first-order valence-electron chi connectivity index (χ1n) is 19.1. The van der Waals surface area contributed by atoms with Crippen molar-refractivity contribution in [2.24, 2.45) is 0 Å². The SMILES string of the molecule is c1ccc(-c2cccc(-c3nc(-c4ccccc4)nc(-n4c5ccccc5c5cc6c7ccccc7n(-c7cccc8c7oc7ccccc78)c6cc54)n3)c2)cc1. The van der Waals surface area contributed by atoms with E-state index in [9.17, 15) is 0 Å². The quantitative estimate of drug-likeness (QED) is 0.177. The Morgan fingerprint density at radius 3 is 1.63 bits per heavy atom. The zero-order valence-corrected chi connectivity index (χ0v) is 30.5. The van der Waals surface area contributed by atoms with E-state index in [1.54, 1.807) is 0 Å². The van der Waals surface area contributed by atoms with Gasteiger partial charge in [0.1, 0.15) is 5.58 Å². The van der Waals surface area contributed by atoms with Gasteiger partial charge in [0, 0.05) is 43.4 Å². The zero-order valence-electron chi connectivity index (χ0n) is 30.5. The maximum atomic E-state index is 6.63. The third-order valence-electron chi connectivity index (χ3n) is 11.2. The van der Waals surface area contributed by atoms with Crippen molar-refractivity contribution in [3.8, 4) is 45.5 Å². The van der Waals surface area contributed by atoms with Crippen LogP contribution in [0.4, 0.5) is 0 Å². The van der Waals surface area contributed by atoms with Crippen LogP contribution in [-0.2, 0) is 0 Å². The van der Waals surface area contributed by atoms with E-state index in [4.69, 9.17) is 19.4 Å². The van der Waals surface area contributed by atoms with Gasteiger partial charge in [-0.25, -0.2) is 4.98 Å². The Kier molecular flexibility index (Phi) is 6.83. The lowest BCUT2D eigenvalue weighted by molar-refractivity contribution is 0.666. The number of furan rings is 1. The first kappa shape index (κ1) is 31.5. The van der Waals surface area contributed by atoms with Gasteiger partial charge in [-0.05, 0) is 53.6 Å². The van der Waals surface area contributed by atoms with E-state index in [-0.39, 0.29) is 0 Å². The van der Waals surface area contributed by atoms with Gasteiger partial charge in [0.05, 0.1) is 27.8 Å². The molecule has 0 radical (unpaired) electrons. The number of nitrogens with zero attached hydrogens (tertiary/aromatic N) is 5. The van der Waals surface area contributed by atoms with Crippen LogP contribution in [-0.4, -0.2) is 24.1 Å². The average molecular weight is 730 g/mol. The van der Waals surface area contributed by atoms with Crippen LogP contribution >= 0.6 is 0 Å². The largest absolute Gasteiger partial charge is 0.454 e. The summed E-state index contributed by atoms with van der Waals surface area (Å²) in [7, 11) is 0. The molecule has 0 fully saturated rings. The summed E-state index contributed by atoms with van der Waals surface area (Å²) in [4.78, 5) is 15.6. The minimum Gasteiger partial charge on any atom is -0.454 e. The van der Waals surface area contributed by atoms with Crippen LogP contribution in [0.25, 0.3) is 111 Å². The van der Waals surface area contributed by atoms with Gasteiger partial charge in [-0.1, -0.05) is 146 Å². The second-order valence-electron chi connectivity index (χ2n) is 14.4. The van der Waals surface area contributed by atoms with Crippen molar-refractivity contribution in [1.82, 2.24) is 24.1 Å². The summed E-state index contributed by atoms with van der Waals surface area (Å²) in [6, 6.07) is 65.5. The van der Waals surface area contributed by atoms with Crippen molar-refractivity contribution in [2.75, 3.05) is 0 Å². The maximum absolute atomic E-state index is 6.63. The monoisotopic (exact) mass is 729 g/mol. The number of benzene rings is 8. The van der Waals surface area contributed by atoms with Crippen molar-refractivity contribution >= 4 is 65.6 Å². The van der Waals surface area contributed by atoms with Gasteiger partial charge in [0.25, 0.3) is 0 Å². The molecule has 12 rings (SSSR count). The topological polar surface area (TPSA) is 61.7 Å². The molecule has 4 heterocycles. The predicted molar refractivity (Wildman–Crippen MR) is 232 cm³/mol. The van der Waals surface area contributed by atoms with Gasteiger partial charge in [0.15, 0.2) is 17.2 Å². The second-order valence-corrected chi connectivity index (χ2v) is 14.4. The molecule has 0 saturated heterocycles. The fourth-order valence-corrected chi connectivity index (χ4v) is 8.59. The predicted octanol–water partition coefficient (Wildman–Crippen LogP) is 13.0. The first-order chi connectivity index (χ1) is 28.3. The molecular formula is C51H31N5O. The minimum absolute atomic E-state index is 0.552. The Morgan fingerprint density at radius 2 is 0.877 bits per heavy atom. The van der Waals surface area contributed by atoms with Gasteiger partial charge in [-0.2, -0.15) is 9.97 Å². The third-order valence-corrected chi connectivity index (χ3v) is 11.2. The number of hydrogen-bond donors (Lipinski definition) is 0. The molecule has 0 aliphatic heterocycles. The van der Waals surface area contributed by atoms with E-state index in [1.165, 1.54) is 5.39 Å². The van der Waals surface area contributed by atoms with E-state index >= 15 is 0 Å². The molecule has 6 nitrogen and oxygen atoms in total. The first-order valence-corrected chi connectivity index (χ1v) is 19.1. The molecule has 0 amide bonds. The van der Waals surface area contributed by atoms with Crippen LogP contribution in [0, 0.1) is 0 Å². The smallest absolute Gasteiger partial charge is 0.238 e. The van der Waals surface area contributed by atoms with Gasteiger partial charge >= 0.3 is 0 Å². The van der Waals surface area contributed by atoms with Crippen molar-refractivity contribution in [3.63, 3.8) is 0 Å². The number of hydrogen-bond acceptors (Lipinski definition) is 4. The van der Waals surface area contributed by atoms with Crippen LogP contribution in [0.15, 0.2) is 192 Å². The van der Waals surface area contributed by atoms with E-state index in [2.05, 4.69) is 161 Å². The Balaban J connectivity index is 1.16. The molecule has 0 aliphatic rings. The van der Waals surface area contributed by atoms with Crippen molar-refractivity contribution in [2.45, 2.75) is 0 Å². The average Bonchev–Trinajstić information content (AvgIpc) is 3.93. The molecule has 4 aromatic heterocycles. The van der Waals surface area contributed by atoms with Gasteiger partial charge < -0.3 is 8.98 Å². The number of fused-ring (bicyclic) bond motifs is 9. The molecule has 0 N–H and O–H groups in total. The summed E-state index contributed by atoms with van der Waals surface area (Å²) in [6.07, 6.45) is 0. The molecular weight excluding hydrogens is 699 g/mol. The van der Waals surface area contributed by atoms with Crippen molar-refractivity contribution in [3.05, 3.63) is 188 Å². The molecule has 57 heavy (non-hydrogen) atoms. The van der Waals surface area contributed by atoms with Crippen LogP contribution < -0.4 is 0 Å². The molecule has 0 saturated carbocycles. The summed E-state index contributed by atoms with van der Waals surface area (Å²) < 4.78 is 11.2. The highest BCUT2D eigenvalue weighted by molar-refractivity contribution is 6.20. The Labute approximate surface area is 326 Å². The summed E-state index contributed by atoms with van der Waals surface area (Å²) in [5.41, 5.74) is 11.0. The minimum atomic E-state index is 0.552. The Bertz CT molecular complexity index is 3520. The van der Waals surface area contributed by atoms with E-state index in [1.807, 2.05) is 36.4 Å². The lowest BCUT2D eigenvalue weighted by Gasteiger charge is -2.12. The standard InChI is InChI=1S/C51H31N5O/c1-3-15-32(16-4-1)34-19-13-20-35(29-34)50-52-49(33-17-5-2-6-18-33)53-51(54-50)56-43-26-11-8-22-37(43)41-30-40-36-21-7-10-25-42(36)55(45(40)31-46(41)56)44-27-14-24-39-38-23-9-12-28-47(38)57-48(39)44/h1-31H. The van der Waals surface area contributed by atoms with Crippen molar-refractivity contribution in [1.29, 1.82) is 0 Å². The fraction of sp³-hybridized carbons (Fsp3) is 0. The second kappa shape index (κ2) is 12.3. The molecule has 266 valence electrons. The number of rotatable bonds is 5. The van der Waals surface area contributed by atoms with E-state index in [0.29, 0.717) is 17.6 Å². The highest BCUT2D eigenvalue weighted by Crippen LogP contribution is 2.42. The van der Waals surface area contributed by atoms with Gasteiger partial charge in [0.2, 0.25) is 5.95 Å².